The van der Waals surface area contributed by atoms with Crippen LogP contribution < -0.4 is 5.32 Å². The Balaban J connectivity index is 2.08. The zero-order valence-electron chi connectivity index (χ0n) is 10.1. The van der Waals surface area contributed by atoms with Gasteiger partial charge in [-0.25, -0.2) is 0 Å². The summed E-state index contributed by atoms with van der Waals surface area (Å²) in [6.07, 6.45) is 7.05. The number of rotatable bonds is 9. The van der Waals surface area contributed by atoms with E-state index < -0.39 is 0 Å². The van der Waals surface area contributed by atoms with Crippen molar-refractivity contribution in [3.8, 4) is 0 Å². The molecule has 0 spiro atoms. The van der Waals surface area contributed by atoms with Gasteiger partial charge in [0, 0.05) is 25.5 Å². The largest absolute Gasteiger partial charge is 0.396 e. The van der Waals surface area contributed by atoms with Gasteiger partial charge in [-0.2, -0.15) is 5.10 Å². The van der Waals surface area contributed by atoms with Crippen LogP contribution in [0.1, 0.15) is 26.2 Å². The fourth-order valence-corrected chi connectivity index (χ4v) is 1.87. The molecule has 16 heavy (non-hydrogen) atoms. The maximum atomic E-state index is 8.93. The average Bonchev–Trinajstić information content (AvgIpc) is 2.78. The number of hydrogen-bond donors (Lipinski definition) is 2. The van der Waals surface area contributed by atoms with E-state index in [9.17, 15) is 0 Å². The van der Waals surface area contributed by atoms with Crippen LogP contribution in [0, 0.1) is 5.92 Å². The lowest BCUT2D eigenvalue weighted by Gasteiger charge is -2.15. The second-order valence-corrected chi connectivity index (χ2v) is 4.14. The minimum Gasteiger partial charge on any atom is -0.396 e. The van der Waals surface area contributed by atoms with E-state index in [-0.39, 0.29) is 0 Å². The number of hydrogen-bond acceptors (Lipinski definition) is 3. The van der Waals surface area contributed by atoms with Crippen LogP contribution in [-0.4, -0.2) is 34.6 Å². The second-order valence-electron chi connectivity index (χ2n) is 4.14. The van der Waals surface area contributed by atoms with Crippen LogP contribution in [0.2, 0.25) is 0 Å². The van der Waals surface area contributed by atoms with Gasteiger partial charge in [0.2, 0.25) is 0 Å². The van der Waals surface area contributed by atoms with Gasteiger partial charge in [0.05, 0.1) is 6.54 Å². The predicted octanol–water partition coefficient (Wildman–Crippen LogP) is 1.27. The molecule has 1 unspecified atom stereocenters. The average molecular weight is 225 g/mol. The molecule has 0 aromatic carbocycles. The number of aromatic nitrogens is 2. The number of nitrogens with zero attached hydrogens (tertiary/aromatic N) is 2. The molecule has 0 bridgehead atoms. The van der Waals surface area contributed by atoms with Gasteiger partial charge in [0.25, 0.3) is 0 Å². The van der Waals surface area contributed by atoms with Crippen molar-refractivity contribution in [3.05, 3.63) is 18.5 Å². The normalized spacial score (nSPS) is 12.9. The monoisotopic (exact) mass is 225 g/mol. The lowest BCUT2D eigenvalue weighted by molar-refractivity contribution is 0.247. The van der Waals surface area contributed by atoms with Crippen molar-refractivity contribution in [1.29, 1.82) is 0 Å². The summed E-state index contributed by atoms with van der Waals surface area (Å²) < 4.78 is 1.92. The molecule has 1 aromatic rings. The highest BCUT2D eigenvalue weighted by Gasteiger charge is 2.05. The van der Waals surface area contributed by atoms with Crippen molar-refractivity contribution in [3.63, 3.8) is 0 Å². The summed E-state index contributed by atoms with van der Waals surface area (Å²) in [4.78, 5) is 0. The van der Waals surface area contributed by atoms with Gasteiger partial charge in [0.1, 0.15) is 0 Å². The third kappa shape index (κ3) is 5.28. The van der Waals surface area contributed by atoms with Gasteiger partial charge >= 0.3 is 0 Å². The Bertz CT molecular complexity index is 243. The molecule has 1 atom stereocenters. The first kappa shape index (κ1) is 13.2. The Morgan fingerprint density at radius 2 is 2.31 bits per heavy atom. The van der Waals surface area contributed by atoms with Crippen LogP contribution in [0.3, 0.4) is 0 Å². The highest BCUT2D eigenvalue weighted by Crippen LogP contribution is 2.08. The van der Waals surface area contributed by atoms with Crippen LogP contribution in [0.15, 0.2) is 18.5 Å². The molecule has 0 saturated carbocycles. The van der Waals surface area contributed by atoms with Gasteiger partial charge in [0.15, 0.2) is 0 Å². The van der Waals surface area contributed by atoms with E-state index in [2.05, 4.69) is 17.3 Å². The zero-order valence-corrected chi connectivity index (χ0v) is 10.1. The molecule has 0 saturated heterocycles. The van der Waals surface area contributed by atoms with Gasteiger partial charge in [-0.05, 0) is 31.4 Å². The Hall–Kier alpha value is -0.870. The minimum atomic E-state index is 0.297. The van der Waals surface area contributed by atoms with Crippen molar-refractivity contribution >= 4 is 0 Å². The van der Waals surface area contributed by atoms with E-state index in [0.717, 1.165) is 26.1 Å². The molecule has 1 heterocycles. The highest BCUT2D eigenvalue weighted by atomic mass is 16.3. The smallest absolute Gasteiger partial charge is 0.0533 e. The van der Waals surface area contributed by atoms with Crippen LogP contribution in [0.25, 0.3) is 0 Å². The standard InChI is InChI=1S/C12H23N3O/c1-2-4-12(5-10-16)11-13-7-9-15-8-3-6-14-15/h3,6,8,12-13,16H,2,4-5,7,9-11H2,1H3. The highest BCUT2D eigenvalue weighted by molar-refractivity contribution is 4.77. The first-order chi connectivity index (χ1) is 7.86. The van der Waals surface area contributed by atoms with Gasteiger partial charge < -0.3 is 10.4 Å². The Morgan fingerprint density at radius 1 is 1.44 bits per heavy atom. The molecule has 0 aliphatic carbocycles. The minimum absolute atomic E-state index is 0.297. The second kappa shape index (κ2) is 8.30. The summed E-state index contributed by atoms with van der Waals surface area (Å²) in [5.41, 5.74) is 0. The first-order valence-electron chi connectivity index (χ1n) is 6.15. The molecule has 0 amide bonds. The fraction of sp³-hybridized carbons (Fsp3) is 0.750. The van der Waals surface area contributed by atoms with Gasteiger partial charge in [-0.1, -0.05) is 13.3 Å². The van der Waals surface area contributed by atoms with Crippen LogP contribution in [0.5, 0.6) is 0 Å². The van der Waals surface area contributed by atoms with E-state index in [1.165, 1.54) is 12.8 Å². The third-order valence-corrected chi connectivity index (χ3v) is 2.74. The Kier molecular flexibility index (Phi) is 6.85. The molecule has 4 nitrogen and oxygen atoms in total. The van der Waals surface area contributed by atoms with Crippen LogP contribution in [0.4, 0.5) is 0 Å². The molecule has 0 aliphatic heterocycles. The summed E-state index contributed by atoms with van der Waals surface area (Å²) in [7, 11) is 0. The van der Waals surface area contributed by atoms with Crippen molar-refractivity contribution < 1.29 is 5.11 Å². The summed E-state index contributed by atoms with van der Waals surface area (Å²) >= 11 is 0. The molecule has 0 radical (unpaired) electrons. The molecule has 0 aliphatic rings. The number of aliphatic hydroxyl groups excluding tert-OH is 1. The Morgan fingerprint density at radius 3 is 2.94 bits per heavy atom. The molecule has 2 N–H and O–H groups in total. The van der Waals surface area contributed by atoms with Crippen LogP contribution >= 0.6 is 0 Å². The summed E-state index contributed by atoms with van der Waals surface area (Å²) in [5, 5.41) is 16.5. The molecule has 1 rings (SSSR count). The van der Waals surface area contributed by atoms with E-state index in [1.807, 2.05) is 16.9 Å². The van der Waals surface area contributed by atoms with Crippen molar-refractivity contribution in [1.82, 2.24) is 15.1 Å². The van der Waals surface area contributed by atoms with E-state index in [1.54, 1.807) is 6.20 Å². The third-order valence-electron chi connectivity index (χ3n) is 2.74. The van der Waals surface area contributed by atoms with E-state index >= 15 is 0 Å². The van der Waals surface area contributed by atoms with Gasteiger partial charge in [-0.15, -0.1) is 0 Å². The summed E-state index contributed by atoms with van der Waals surface area (Å²) in [5.74, 6) is 0.604. The lowest BCUT2D eigenvalue weighted by atomic mass is 10.0. The number of aliphatic hydroxyl groups is 1. The summed E-state index contributed by atoms with van der Waals surface area (Å²) in [6.45, 7) is 5.33. The maximum absolute atomic E-state index is 8.93. The molecule has 92 valence electrons. The lowest BCUT2D eigenvalue weighted by Crippen LogP contribution is -2.27. The zero-order chi connectivity index (χ0) is 11.6. The van der Waals surface area contributed by atoms with E-state index in [0.29, 0.717) is 12.5 Å². The van der Waals surface area contributed by atoms with Crippen molar-refractivity contribution in [2.75, 3.05) is 19.7 Å². The molecular formula is C12H23N3O. The van der Waals surface area contributed by atoms with Gasteiger partial charge in [-0.3, -0.25) is 4.68 Å². The van der Waals surface area contributed by atoms with Crippen LogP contribution in [-0.2, 0) is 6.54 Å². The fourth-order valence-electron chi connectivity index (χ4n) is 1.87. The van der Waals surface area contributed by atoms with E-state index in [4.69, 9.17) is 5.11 Å². The van der Waals surface area contributed by atoms with Crippen molar-refractivity contribution in [2.45, 2.75) is 32.7 Å². The number of nitrogens with one attached hydrogen (secondary N) is 1. The molecule has 0 fully saturated rings. The maximum Gasteiger partial charge on any atom is 0.0533 e. The van der Waals surface area contributed by atoms with Crippen molar-refractivity contribution in [2.24, 2.45) is 5.92 Å². The molecule has 1 aromatic heterocycles. The summed E-state index contributed by atoms with van der Waals surface area (Å²) in [6, 6.07) is 1.94. The quantitative estimate of drug-likeness (QED) is 0.622. The molecule has 4 heteroatoms. The topological polar surface area (TPSA) is 50.1 Å². The first-order valence-corrected chi connectivity index (χ1v) is 6.15. The molecular weight excluding hydrogens is 202 g/mol. The SMILES string of the molecule is CCCC(CCO)CNCCn1cccn1. The Labute approximate surface area is 97.7 Å². The predicted molar refractivity (Wildman–Crippen MR) is 65.2 cm³/mol.